The molecule has 0 fully saturated rings. The summed E-state index contributed by atoms with van der Waals surface area (Å²) in [5.74, 6) is -0.107. The molecule has 5 rings (SSSR count). The number of rotatable bonds is 8. The number of anilines is 1. The van der Waals surface area contributed by atoms with E-state index in [0.29, 0.717) is 16.3 Å². The summed E-state index contributed by atoms with van der Waals surface area (Å²) in [6.07, 6.45) is 0.254. The molecule has 182 valence electrons. The molecule has 0 aliphatic heterocycles. The lowest BCUT2D eigenvalue weighted by Gasteiger charge is -2.09. The third kappa shape index (κ3) is 4.72. The fraction of sp³-hybridized carbons (Fsp3) is 0.185. The molecule has 0 saturated heterocycles. The van der Waals surface area contributed by atoms with Crippen molar-refractivity contribution in [2.24, 2.45) is 0 Å². The number of thiophene rings is 1. The highest BCUT2D eigenvalue weighted by Gasteiger charge is 2.23. The van der Waals surface area contributed by atoms with Gasteiger partial charge in [0.25, 0.3) is 0 Å². The number of benzene rings is 2. The minimum atomic E-state index is -0.445. The van der Waals surface area contributed by atoms with Crippen molar-refractivity contribution in [1.82, 2.24) is 14.6 Å². The largest absolute Gasteiger partial charge is 0.462 e. The summed E-state index contributed by atoms with van der Waals surface area (Å²) in [5.41, 5.74) is 5.00. The van der Waals surface area contributed by atoms with Gasteiger partial charge in [-0.05, 0) is 37.1 Å². The number of pyridine rings is 1. The number of ether oxygens (including phenoxy) is 1. The number of aromatic nitrogens is 3. The summed E-state index contributed by atoms with van der Waals surface area (Å²) >= 11 is 2.80. The maximum atomic E-state index is 12.8. The monoisotopic (exact) mass is 516 g/mol. The van der Waals surface area contributed by atoms with Gasteiger partial charge in [0, 0.05) is 28.5 Å². The van der Waals surface area contributed by atoms with Crippen molar-refractivity contribution in [3.63, 3.8) is 0 Å². The van der Waals surface area contributed by atoms with Crippen LogP contribution in [-0.4, -0.2) is 38.8 Å². The highest BCUT2D eigenvalue weighted by molar-refractivity contribution is 7.99. The zero-order chi connectivity index (χ0) is 25.1. The zero-order valence-electron chi connectivity index (χ0n) is 19.9. The number of amides is 1. The number of hydrogen-bond donors (Lipinski definition) is 1. The minimum Gasteiger partial charge on any atom is -0.462 e. The Morgan fingerprint density at radius 1 is 1.08 bits per heavy atom. The molecular formula is C27H24N4O3S2. The Bertz CT molecular complexity index is 1560. The van der Waals surface area contributed by atoms with Crippen LogP contribution in [0.1, 0.15) is 29.3 Å². The van der Waals surface area contributed by atoms with E-state index in [9.17, 15) is 9.59 Å². The summed E-state index contributed by atoms with van der Waals surface area (Å²) in [6, 6.07) is 19.8. The SMILES string of the molecule is CCOC(=O)c1c(-c2ccccc2)csc1NC(=O)CCSc1nnc2cc(C)c3ccccc3n12. The van der Waals surface area contributed by atoms with Crippen LogP contribution < -0.4 is 5.32 Å². The van der Waals surface area contributed by atoms with Crippen molar-refractivity contribution >= 4 is 56.5 Å². The van der Waals surface area contributed by atoms with Gasteiger partial charge in [0.2, 0.25) is 5.91 Å². The third-order valence-corrected chi connectivity index (χ3v) is 7.57. The minimum absolute atomic E-state index is 0.177. The van der Waals surface area contributed by atoms with E-state index in [2.05, 4.69) is 28.5 Å². The van der Waals surface area contributed by atoms with Crippen LogP contribution in [0, 0.1) is 6.92 Å². The lowest BCUT2D eigenvalue weighted by atomic mass is 10.0. The molecule has 0 atom stereocenters. The van der Waals surface area contributed by atoms with Crippen molar-refractivity contribution < 1.29 is 14.3 Å². The number of esters is 1. The molecule has 0 saturated carbocycles. The van der Waals surface area contributed by atoms with Gasteiger partial charge in [0.1, 0.15) is 10.6 Å². The number of carbonyl (C=O) groups excluding carboxylic acids is 2. The summed E-state index contributed by atoms with van der Waals surface area (Å²) in [5, 5.41) is 15.8. The van der Waals surface area contributed by atoms with Crippen molar-refractivity contribution in [3.8, 4) is 11.1 Å². The van der Waals surface area contributed by atoms with E-state index >= 15 is 0 Å². The van der Waals surface area contributed by atoms with Crippen molar-refractivity contribution in [2.45, 2.75) is 25.4 Å². The first-order valence-electron chi connectivity index (χ1n) is 11.6. The van der Waals surface area contributed by atoms with Crippen LogP contribution in [-0.2, 0) is 9.53 Å². The van der Waals surface area contributed by atoms with Crippen LogP contribution in [0.3, 0.4) is 0 Å². The number of nitrogens with one attached hydrogen (secondary N) is 1. The molecule has 3 heterocycles. The molecule has 9 heteroatoms. The van der Waals surface area contributed by atoms with Crippen LogP contribution in [0.25, 0.3) is 27.7 Å². The van der Waals surface area contributed by atoms with Crippen LogP contribution in [0.2, 0.25) is 0 Å². The molecule has 0 aliphatic rings. The first kappa shape index (κ1) is 24.0. The molecule has 0 unspecified atom stereocenters. The molecule has 0 bridgehead atoms. The molecule has 5 aromatic rings. The van der Waals surface area contributed by atoms with Gasteiger partial charge in [-0.1, -0.05) is 60.3 Å². The normalized spacial score (nSPS) is 11.2. The zero-order valence-corrected chi connectivity index (χ0v) is 21.5. The summed E-state index contributed by atoms with van der Waals surface area (Å²) in [7, 11) is 0. The Hall–Kier alpha value is -3.69. The highest BCUT2D eigenvalue weighted by atomic mass is 32.2. The Kier molecular flexibility index (Phi) is 7.02. The Morgan fingerprint density at radius 3 is 2.67 bits per heavy atom. The smallest absolute Gasteiger partial charge is 0.341 e. The highest BCUT2D eigenvalue weighted by Crippen LogP contribution is 2.36. The Labute approximate surface area is 216 Å². The van der Waals surface area contributed by atoms with Gasteiger partial charge in [0.15, 0.2) is 10.8 Å². The molecule has 0 radical (unpaired) electrons. The molecule has 0 spiro atoms. The van der Waals surface area contributed by atoms with Gasteiger partial charge in [-0.25, -0.2) is 4.79 Å². The maximum Gasteiger partial charge on any atom is 0.341 e. The number of hydrogen-bond acceptors (Lipinski definition) is 7. The van der Waals surface area contributed by atoms with Gasteiger partial charge in [-0.15, -0.1) is 21.5 Å². The van der Waals surface area contributed by atoms with Crippen LogP contribution >= 0.6 is 23.1 Å². The van der Waals surface area contributed by atoms with Gasteiger partial charge < -0.3 is 10.1 Å². The van der Waals surface area contributed by atoms with Crippen molar-refractivity contribution in [2.75, 3.05) is 17.7 Å². The Balaban J connectivity index is 1.31. The van der Waals surface area contributed by atoms with E-state index in [4.69, 9.17) is 4.74 Å². The number of carbonyl (C=O) groups is 2. The second-order valence-electron chi connectivity index (χ2n) is 8.11. The molecule has 3 aromatic heterocycles. The van der Waals surface area contributed by atoms with E-state index < -0.39 is 5.97 Å². The number of para-hydroxylation sites is 1. The van der Waals surface area contributed by atoms with Gasteiger partial charge >= 0.3 is 5.97 Å². The van der Waals surface area contributed by atoms with E-state index in [1.807, 2.05) is 64.4 Å². The van der Waals surface area contributed by atoms with Crippen LogP contribution in [0.15, 0.2) is 71.2 Å². The lowest BCUT2D eigenvalue weighted by Crippen LogP contribution is -2.15. The first-order chi connectivity index (χ1) is 17.6. The van der Waals surface area contributed by atoms with E-state index in [-0.39, 0.29) is 18.9 Å². The van der Waals surface area contributed by atoms with Crippen LogP contribution in [0.5, 0.6) is 0 Å². The van der Waals surface area contributed by atoms with E-state index in [1.165, 1.54) is 23.1 Å². The molecule has 2 aromatic carbocycles. The van der Waals surface area contributed by atoms with Gasteiger partial charge in [-0.2, -0.15) is 0 Å². The summed E-state index contributed by atoms with van der Waals surface area (Å²) < 4.78 is 7.30. The molecule has 36 heavy (non-hydrogen) atoms. The van der Waals surface area contributed by atoms with E-state index in [0.717, 1.165) is 38.4 Å². The van der Waals surface area contributed by atoms with Crippen LogP contribution in [0.4, 0.5) is 5.00 Å². The van der Waals surface area contributed by atoms with Crippen molar-refractivity contribution in [1.29, 1.82) is 0 Å². The second kappa shape index (κ2) is 10.5. The van der Waals surface area contributed by atoms with Gasteiger partial charge in [-0.3, -0.25) is 9.20 Å². The lowest BCUT2D eigenvalue weighted by molar-refractivity contribution is -0.115. The summed E-state index contributed by atoms with van der Waals surface area (Å²) in [4.78, 5) is 25.6. The van der Waals surface area contributed by atoms with E-state index in [1.54, 1.807) is 6.92 Å². The maximum absolute atomic E-state index is 12.8. The average molecular weight is 517 g/mol. The standard InChI is InChI=1S/C27H24N4O3S2/c1-3-34-26(33)24-20(18-9-5-4-6-10-18)16-36-25(24)28-23(32)13-14-35-27-30-29-22-15-17(2)19-11-7-8-12-21(19)31(22)27/h4-12,15-16H,3,13-14H2,1-2H3,(H,28,32). The fourth-order valence-corrected chi connectivity index (χ4v) is 5.94. The number of thioether (sulfide) groups is 1. The molecule has 7 nitrogen and oxygen atoms in total. The predicted molar refractivity (Wildman–Crippen MR) is 145 cm³/mol. The second-order valence-corrected chi connectivity index (χ2v) is 10.0. The topological polar surface area (TPSA) is 85.6 Å². The number of aryl methyl sites for hydroxylation is 1. The Morgan fingerprint density at radius 2 is 1.86 bits per heavy atom. The average Bonchev–Trinajstić information content (AvgIpc) is 3.49. The number of nitrogens with zero attached hydrogens (tertiary/aromatic N) is 3. The third-order valence-electron chi connectivity index (χ3n) is 5.74. The molecule has 1 amide bonds. The molecule has 0 aliphatic carbocycles. The predicted octanol–water partition coefficient (Wildman–Crippen LogP) is 6.22. The van der Waals surface area contributed by atoms with Gasteiger partial charge in [0.05, 0.1) is 12.1 Å². The fourth-order valence-electron chi connectivity index (χ4n) is 4.08. The molecular weight excluding hydrogens is 492 g/mol. The first-order valence-corrected chi connectivity index (χ1v) is 13.4. The number of fused-ring (bicyclic) bond motifs is 3. The molecule has 1 N–H and O–H groups in total. The van der Waals surface area contributed by atoms with Crippen molar-refractivity contribution in [3.05, 3.63) is 77.2 Å². The summed E-state index contributed by atoms with van der Waals surface area (Å²) in [6.45, 7) is 4.08. The quantitative estimate of drug-likeness (QED) is 0.195.